The van der Waals surface area contributed by atoms with Crippen molar-refractivity contribution in [3.05, 3.63) is 40.6 Å². The maximum atomic E-state index is 12.0. The van der Waals surface area contributed by atoms with Crippen LogP contribution in [0.3, 0.4) is 0 Å². The molecule has 0 aromatic carbocycles. The molecule has 0 spiro atoms. The summed E-state index contributed by atoms with van der Waals surface area (Å²) in [6.07, 6.45) is 5.76. The number of hydrogen-bond acceptors (Lipinski definition) is 5. The van der Waals surface area contributed by atoms with Crippen molar-refractivity contribution in [1.82, 2.24) is 15.3 Å². The van der Waals surface area contributed by atoms with Crippen LogP contribution in [0.15, 0.2) is 30.0 Å². The van der Waals surface area contributed by atoms with Gasteiger partial charge in [-0.1, -0.05) is 0 Å². The van der Waals surface area contributed by atoms with Crippen LogP contribution in [0.2, 0.25) is 0 Å². The van der Waals surface area contributed by atoms with E-state index in [9.17, 15) is 4.79 Å². The van der Waals surface area contributed by atoms with Crippen LogP contribution in [0.4, 0.5) is 5.69 Å². The molecule has 0 aliphatic heterocycles. The molecule has 1 amide bonds. The minimum atomic E-state index is -0.0988. The van der Waals surface area contributed by atoms with Crippen LogP contribution in [-0.4, -0.2) is 29.5 Å². The fourth-order valence-electron chi connectivity index (χ4n) is 1.55. The lowest BCUT2D eigenvalue weighted by atomic mass is 10.2. The number of carbonyl (C=O) groups is 1. The van der Waals surface area contributed by atoms with Gasteiger partial charge in [0.25, 0.3) is 5.91 Å². The molecule has 2 aromatic heterocycles. The molecule has 0 saturated heterocycles. The highest BCUT2D eigenvalue weighted by Crippen LogP contribution is 2.12. The van der Waals surface area contributed by atoms with Gasteiger partial charge in [-0.15, -0.1) is 11.3 Å². The van der Waals surface area contributed by atoms with Gasteiger partial charge in [-0.25, -0.2) is 4.98 Å². The topological polar surface area (TPSA) is 66.9 Å². The van der Waals surface area contributed by atoms with Crippen molar-refractivity contribution in [1.29, 1.82) is 0 Å². The number of hydrogen-bond donors (Lipinski definition) is 2. The Hall–Kier alpha value is -1.95. The summed E-state index contributed by atoms with van der Waals surface area (Å²) in [7, 11) is 1.77. The standard InChI is InChI=1S/C12H14N4OS/c1-13-10-8-14-4-2-9(10)12(17)16-5-3-11-15-6-7-18-11/h2,4,6-8,13H,3,5H2,1H3,(H,16,17). The van der Waals surface area contributed by atoms with E-state index in [2.05, 4.69) is 20.6 Å². The molecule has 0 radical (unpaired) electrons. The lowest BCUT2D eigenvalue weighted by Gasteiger charge is -2.08. The number of carbonyl (C=O) groups excluding carboxylic acids is 1. The summed E-state index contributed by atoms with van der Waals surface area (Å²) in [5.41, 5.74) is 1.33. The van der Waals surface area contributed by atoms with Crippen LogP contribution in [0.25, 0.3) is 0 Å². The predicted octanol–water partition coefficient (Wildman–Crippen LogP) is 1.55. The van der Waals surface area contributed by atoms with Crippen molar-refractivity contribution in [2.75, 3.05) is 18.9 Å². The number of pyridine rings is 1. The summed E-state index contributed by atoms with van der Waals surface area (Å²) < 4.78 is 0. The van der Waals surface area contributed by atoms with E-state index < -0.39 is 0 Å². The van der Waals surface area contributed by atoms with Crippen molar-refractivity contribution in [2.45, 2.75) is 6.42 Å². The van der Waals surface area contributed by atoms with E-state index in [-0.39, 0.29) is 5.91 Å². The van der Waals surface area contributed by atoms with Gasteiger partial charge in [0.2, 0.25) is 0 Å². The molecular weight excluding hydrogens is 248 g/mol. The third-order valence-electron chi connectivity index (χ3n) is 2.44. The number of amides is 1. The van der Waals surface area contributed by atoms with Gasteiger partial charge in [0, 0.05) is 37.8 Å². The van der Waals surface area contributed by atoms with Gasteiger partial charge in [0.05, 0.1) is 22.5 Å². The van der Waals surface area contributed by atoms with E-state index in [0.29, 0.717) is 12.1 Å². The fraction of sp³-hybridized carbons (Fsp3) is 0.250. The van der Waals surface area contributed by atoms with Gasteiger partial charge in [0.15, 0.2) is 0 Å². The summed E-state index contributed by atoms with van der Waals surface area (Å²) in [4.78, 5) is 20.1. The molecule has 0 bridgehead atoms. The summed E-state index contributed by atoms with van der Waals surface area (Å²) >= 11 is 1.59. The number of thiazole rings is 1. The zero-order valence-corrected chi connectivity index (χ0v) is 10.8. The number of rotatable bonds is 5. The Morgan fingerprint density at radius 2 is 2.33 bits per heavy atom. The second kappa shape index (κ2) is 6.11. The van der Waals surface area contributed by atoms with Crippen molar-refractivity contribution >= 4 is 22.9 Å². The number of nitrogens with zero attached hydrogens (tertiary/aromatic N) is 2. The molecule has 0 unspecified atom stereocenters. The monoisotopic (exact) mass is 262 g/mol. The first-order valence-corrected chi connectivity index (χ1v) is 6.47. The lowest BCUT2D eigenvalue weighted by Crippen LogP contribution is -2.26. The Kier molecular flexibility index (Phi) is 4.25. The van der Waals surface area contributed by atoms with Gasteiger partial charge in [-0.3, -0.25) is 9.78 Å². The first-order valence-electron chi connectivity index (χ1n) is 5.59. The molecule has 0 aliphatic carbocycles. The van der Waals surface area contributed by atoms with E-state index in [1.807, 2.05) is 5.38 Å². The molecule has 0 saturated carbocycles. The van der Waals surface area contributed by atoms with E-state index in [4.69, 9.17) is 0 Å². The Balaban J connectivity index is 1.91. The van der Waals surface area contributed by atoms with E-state index in [0.717, 1.165) is 17.1 Å². The summed E-state index contributed by atoms with van der Waals surface area (Å²) in [5, 5.41) is 8.78. The third kappa shape index (κ3) is 3.04. The minimum absolute atomic E-state index is 0.0988. The van der Waals surface area contributed by atoms with E-state index >= 15 is 0 Å². The van der Waals surface area contributed by atoms with Gasteiger partial charge in [-0.05, 0) is 6.07 Å². The van der Waals surface area contributed by atoms with Crippen LogP contribution in [0.5, 0.6) is 0 Å². The second-order valence-corrected chi connectivity index (χ2v) is 4.58. The van der Waals surface area contributed by atoms with Crippen molar-refractivity contribution < 1.29 is 4.79 Å². The molecule has 5 nitrogen and oxygen atoms in total. The maximum Gasteiger partial charge on any atom is 0.253 e. The first kappa shape index (κ1) is 12.5. The van der Waals surface area contributed by atoms with Crippen molar-refractivity contribution in [2.24, 2.45) is 0 Å². The van der Waals surface area contributed by atoms with E-state index in [1.54, 1.807) is 43.0 Å². The van der Waals surface area contributed by atoms with Crippen LogP contribution >= 0.6 is 11.3 Å². The highest BCUT2D eigenvalue weighted by molar-refractivity contribution is 7.09. The Labute approximate surface area is 109 Å². The van der Waals surface area contributed by atoms with Crippen LogP contribution in [0.1, 0.15) is 15.4 Å². The quantitative estimate of drug-likeness (QED) is 0.858. The molecule has 2 N–H and O–H groups in total. The average molecular weight is 262 g/mol. The smallest absolute Gasteiger partial charge is 0.253 e. The fourth-order valence-corrected chi connectivity index (χ4v) is 2.17. The molecule has 0 fully saturated rings. The molecule has 0 aliphatic rings. The summed E-state index contributed by atoms with van der Waals surface area (Å²) in [5.74, 6) is -0.0988. The average Bonchev–Trinajstić information content (AvgIpc) is 2.91. The van der Waals surface area contributed by atoms with Gasteiger partial charge < -0.3 is 10.6 Å². The summed E-state index contributed by atoms with van der Waals surface area (Å²) in [6.45, 7) is 0.581. The zero-order chi connectivity index (χ0) is 12.8. The first-order chi connectivity index (χ1) is 8.81. The van der Waals surface area contributed by atoms with Crippen molar-refractivity contribution in [3.8, 4) is 0 Å². The van der Waals surface area contributed by atoms with Gasteiger partial charge >= 0.3 is 0 Å². The maximum absolute atomic E-state index is 12.0. The molecule has 2 heterocycles. The van der Waals surface area contributed by atoms with Crippen LogP contribution in [-0.2, 0) is 6.42 Å². The SMILES string of the molecule is CNc1cnccc1C(=O)NCCc1nccs1. The molecule has 6 heteroatoms. The molecule has 2 aromatic rings. The Morgan fingerprint density at radius 3 is 3.06 bits per heavy atom. The predicted molar refractivity (Wildman–Crippen MR) is 71.9 cm³/mol. The largest absolute Gasteiger partial charge is 0.386 e. The van der Waals surface area contributed by atoms with E-state index in [1.165, 1.54) is 0 Å². The number of anilines is 1. The Bertz CT molecular complexity index is 513. The second-order valence-electron chi connectivity index (χ2n) is 3.60. The van der Waals surface area contributed by atoms with Gasteiger partial charge in [0.1, 0.15) is 0 Å². The Morgan fingerprint density at radius 1 is 1.44 bits per heavy atom. The zero-order valence-electron chi connectivity index (χ0n) is 10.0. The molecule has 18 heavy (non-hydrogen) atoms. The highest BCUT2D eigenvalue weighted by Gasteiger charge is 2.09. The van der Waals surface area contributed by atoms with Gasteiger partial charge in [-0.2, -0.15) is 0 Å². The summed E-state index contributed by atoms with van der Waals surface area (Å²) in [6, 6.07) is 1.70. The van der Waals surface area contributed by atoms with Crippen LogP contribution < -0.4 is 10.6 Å². The highest BCUT2D eigenvalue weighted by atomic mass is 32.1. The molecule has 94 valence electrons. The van der Waals surface area contributed by atoms with Crippen LogP contribution in [0, 0.1) is 0 Å². The molecule has 0 atom stereocenters. The molecular formula is C12H14N4OS. The third-order valence-corrected chi connectivity index (χ3v) is 3.28. The number of aromatic nitrogens is 2. The van der Waals surface area contributed by atoms with Crippen molar-refractivity contribution in [3.63, 3.8) is 0 Å². The number of nitrogens with one attached hydrogen (secondary N) is 2. The minimum Gasteiger partial charge on any atom is -0.386 e. The normalized spacial score (nSPS) is 10.1. The molecule has 2 rings (SSSR count). The lowest BCUT2D eigenvalue weighted by molar-refractivity contribution is 0.0955.